The molecule has 0 radical (unpaired) electrons. The van der Waals surface area contributed by atoms with Gasteiger partial charge in [-0.1, -0.05) is 29.4 Å². The van der Waals surface area contributed by atoms with Gasteiger partial charge >= 0.3 is 0 Å². The Balaban J connectivity index is 1.78. The van der Waals surface area contributed by atoms with Crippen LogP contribution in [-0.4, -0.2) is 11.0 Å². The number of benzene rings is 1. The number of rotatable bonds is 5. The molecule has 1 aliphatic carbocycles. The molecule has 0 bridgehead atoms. The van der Waals surface area contributed by atoms with Crippen LogP contribution in [0.15, 0.2) is 50.9 Å². The van der Waals surface area contributed by atoms with Crippen LogP contribution in [0.1, 0.15) is 18.4 Å². The van der Waals surface area contributed by atoms with Gasteiger partial charge in [0.2, 0.25) is 0 Å². The van der Waals surface area contributed by atoms with Crippen LogP contribution in [0.2, 0.25) is 5.02 Å². The third-order valence-electron chi connectivity index (χ3n) is 3.10. The first-order chi connectivity index (χ1) is 9.70. The van der Waals surface area contributed by atoms with Crippen molar-refractivity contribution in [1.82, 2.24) is 10.3 Å². The average molecular weight is 370 g/mol. The molecule has 0 spiro atoms. The highest BCUT2D eigenvalue weighted by atomic mass is 79.9. The van der Waals surface area contributed by atoms with E-state index in [2.05, 4.69) is 32.3 Å². The minimum absolute atomic E-state index is 0.703. The molecule has 2 nitrogen and oxygen atoms in total. The highest BCUT2D eigenvalue weighted by molar-refractivity contribution is 9.10. The van der Waals surface area contributed by atoms with Gasteiger partial charge in [-0.05, 0) is 58.6 Å². The molecular weight excluding hydrogens is 356 g/mol. The van der Waals surface area contributed by atoms with Crippen LogP contribution in [0.25, 0.3) is 0 Å². The Morgan fingerprint density at radius 3 is 2.85 bits per heavy atom. The summed E-state index contributed by atoms with van der Waals surface area (Å²) in [5.74, 6) is 0. The van der Waals surface area contributed by atoms with Gasteiger partial charge in [-0.15, -0.1) is 0 Å². The molecule has 1 aliphatic rings. The van der Waals surface area contributed by atoms with E-state index in [1.54, 1.807) is 11.8 Å². The third kappa shape index (κ3) is 3.98. The predicted molar refractivity (Wildman–Crippen MR) is 87.4 cm³/mol. The Kier molecular flexibility index (Phi) is 4.66. The summed E-state index contributed by atoms with van der Waals surface area (Å²) in [6.07, 6.45) is 4.41. The van der Waals surface area contributed by atoms with Gasteiger partial charge in [-0.3, -0.25) is 0 Å². The maximum atomic E-state index is 6.12. The monoisotopic (exact) mass is 368 g/mol. The van der Waals surface area contributed by atoms with E-state index in [4.69, 9.17) is 11.6 Å². The summed E-state index contributed by atoms with van der Waals surface area (Å²) in [6, 6.07) is 10.8. The van der Waals surface area contributed by atoms with E-state index in [1.165, 1.54) is 23.3 Å². The second-order valence-corrected chi connectivity index (χ2v) is 7.24. The summed E-state index contributed by atoms with van der Waals surface area (Å²) < 4.78 is 0.989. The van der Waals surface area contributed by atoms with Crippen LogP contribution in [0.5, 0.6) is 0 Å². The Bertz CT molecular complexity index is 599. The molecule has 1 fully saturated rings. The molecule has 1 saturated carbocycles. The van der Waals surface area contributed by atoms with Gasteiger partial charge in [-0.25, -0.2) is 4.98 Å². The lowest BCUT2D eigenvalue weighted by Crippen LogP contribution is -2.15. The number of nitrogens with zero attached hydrogens (tertiary/aromatic N) is 1. The largest absolute Gasteiger partial charge is 0.310 e. The van der Waals surface area contributed by atoms with E-state index in [0.29, 0.717) is 6.04 Å². The normalized spacial score (nSPS) is 14.5. The molecule has 20 heavy (non-hydrogen) atoms. The zero-order valence-electron chi connectivity index (χ0n) is 10.8. The fourth-order valence-corrected chi connectivity index (χ4v) is 3.24. The van der Waals surface area contributed by atoms with Gasteiger partial charge in [0, 0.05) is 33.2 Å². The van der Waals surface area contributed by atoms with Crippen molar-refractivity contribution in [3.63, 3.8) is 0 Å². The lowest BCUT2D eigenvalue weighted by Gasteiger charge is -2.10. The summed E-state index contributed by atoms with van der Waals surface area (Å²) in [5.41, 5.74) is 1.27. The zero-order chi connectivity index (χ0) is 13.9. The molecule has 5 heteroatoms. The fraction of sp³-hybridized carbons (Fsp3) is 0.267. The van der Waals surface area contributed by atoms with Gasteiger partial charge < -0.3 is 5.32 Å². The van der Waals surface area contributed by atoms with E-state index in [0.717, 1.165) is 21.1 Å². The van der Waals surface area contributed by atoms with Gasteiger partial charge in [0.1, 0.15) is 5.03 Å². The van der Waals surface area contributed by atoms with Crippen molar-refractivity contribution < 1.29 is 0 Å². The molecule has 0 saturated heterocycles. The minimum Gasteiger partial charge on any atom is -0.310 e. The first-order valence-electron chi connectivity index (χ1n) is 6.52. The lowest BCUT2D eigenvalue weighted by atomic mass is 10.2. The summed E-state index contributed by atoms with van der Waals surface area (Å²) in [4.78, 5) is 5.57. The number of halogens is 2. The standard InChI is InChI=1S/C15H14BrClN2S/c16-11-2-6-15(19-9-11)20-14-7-12(17)3-1-10(14)8-18-13-4-5-13/h1-3,6-7,9,13,18H,4-5,8H2. The van der Waals surface area contributed by atoms with E-state index in [1.807, 2.05) is 30.5 Å². The Morgan fingerprint density at radius 2 is 2.15 bits per heavy atom. The number of pyridine rings is 1. The van der Waals surface area contributed by atoms with Crippen LogP contribution in [0.4, 0.5) is 0 Å². The van der Waals surface area contributed by atoms with Gasteiger partial charge in [0.15, 0.2) is 0 Å². The molecule has 104 valence electrons. The second-order valence-electron chi connectivity index (χ2n) is 4.82. The Labute approximate surface area is 136 Å². The van der Waals surface area contributed by atoms with Gasteiger partial charge in [0.05, 0.1) is 0 Å². The maximum absolute atomic E-state index is 6.12. The number of hydrogen-bond acceptors (Lipinski definition) is 3. The first-order valence-corrected chi connectivity index (χ1v) is 8.51. The summed E-state index contributed by atoms with van der Waals surface area (Å²) in [5, 5.41) is 5.28. The van der Waals surface area contributed by atoms with Crippen molar-refractivity contribution in [2.45, 2.75) is 35.3 Å². The Morgan fingerprint density at radius 1 is 1.30 bits per heavy atom. The lowest BCUT2D eigenvalue weighted by molar-refractivity contribution is 0.680. The molecule has 0 amide bonds. The van der Waals surface area contributed by atoms with Gasteiger partial charge in [0.25, 0.3) is 0 Å². The maximum Gasteiger partial charge on any atom is 0.101 e. The van der Waals surface area contributed by atoms with E-state index >= 15 is 0 Å². The summed E-state index contributed by atoms with van der Waals surface area (Å²) >= 11 is 11.2. The molecule has 0 aliphatic heterocycles. The number of nitrogens with one attached hydrogen (secondary N) is 1. The Hall–Kier alpha value is -0.550. The van der Waals surface area contributed by atoms with Crippen LogP contribution in [-0.2, 0) is 6.54 Å². The van der Waals surface area contributed by atoms with Crippen molar-refractivity contribution in [3.8, 4) is 0 Å². The fourth-order valence-electron chi connectivity index (χ4n) is 1.85. The van der Waals surface area contributed by atoms with Crippen molar-refractivity contribution in [1.29, 1.82) is 0 Å². The minimum atomic E-state index is 0.703. The quantitative estimate of drug-likeness (QED) is 0.811. The SMILES string of the molecule is Clc1ccc(CNC2CC2)c(Sc2ccc(Br)cn2)c1. The molecule has 2 aromatic rings. The van der Waals surface area contributed by atoms with Crippen molar-refractivity contribution >= 4 is 39.3 Å². The number of hydrogen-bond donors (Lipinski definition) is 1. The van der Waals surface area contributed by atoms with Crippen LogP contribution in [0, 0.1) is 0 Å². The molecular formula is C15H14BrClN2S. The summed E-state index contributed by atoms with van der Waals surface area (Å²) in [6.45, 7) is 0.890. The molecule has 1 aromatic heterocycles. The number of aromatic nitrogens is 1. The summed E-state index contributed by atoms with van der Waals surface area (Å²) in [7, 11) is 0. The highest BCUT2D eigenvalue weighted by Crippen LogP contribution is 2.32. The third-order valence-corrected chi connectivity index (χ3v) is 4.86. The molecule has 0 unspecified atom stereocenters. The average Bonchev–Trinajstić information content (AvgIpc) is 3.25. The van der Waals surface area contributed by atoms with Crippen LogP contribution in [0.3, 0.4) is 0 Å². The van der Waals surface area contributed by atoms with Crippen LogP contribution >= 0.6 is 39.3 Å². The molecule has 1 heterocycles. The predicted octanol–water partition coefficient (Wildman–Crippen LogP) is 4.90. The van der Waals surface area contributed by atoms with E-state index in [-0.39, 0.29) is 0 Å². The smallest absolute Gasteiger partial charge is 0.101 e. The molecule has 3 rings (SSSR count). The second kappa shape index (κ2) is 6.48. The van der Waals surface area contributed by atoms with E-state index in [9.17, 15) is 0 Å². The zero-order valence-corrected chi connectivity index (χ0v) is 13.9. The van der Waals surface area contributed by atoms with E-state index < -0.39 is 0 Å². The topological polar surface area (TPSA) is 24.9 Å². The molecule has 1 N–H and O–H groups in total. The van der Waals surface area contributed by atoms with Crippen molar-refractivity contribution in [3.05, 3.63) is 51.6 Å². The highest BCUT2D eigenvalue weighted by Gasteiger charge is 2.20. The molecule has 1 aromatic carbocycles. The van der Waals surface area contributed by atoms with Crippen LogP contribution < -0.4 is 5.32 Å². The molecule has 0 atom stereocenters. The van der Waals surface area contributed by atoms with Gasteiger partial charge in [-0.2, -0.15) is 0 Å². The first kappa shape index (κ1) is 14.4. The van der Waals surface area contributed by atoms with Crippen molar-refractivity contribution in [2.75, 3.05) is 0 Å². The van der Waals surface area contributed by atoms with Crippen molar-refractivity contribution in [2.24, 2.45) is 0 Å².